The second-order valence-electron chi connectivity index (χ2n) is 3.62. The van der Waals surface area contributed by atoms with Crippen molar-refractivity contribution in [2.24, 2.45) is 5.41 Å². The van der Waals surface area contributed by atoms with Crippen molar-refractivity contribution in [1.82, 2.24) is 0 Å². The van der Waals surface area contributed by atoms with Gasteiger partial charge in [-0.05, 0) is 0 Å². The zero-order valence-electron chi connectivity index (χ0n) is 8.82. The second-order valence-corrected chi connectivity index (χ2v) is 3.62. The molecule has 1 aliphatic rings. The fraction of sp³-hybridized carbons (Fsp3) is 0.600. The molecule has 1 aliphatic carbocycles. The molecule has 0 spiro atoms. The SMILES string of the molecule is CC1=[C-]C(C)(C)C(C)=C1C.F.F.[Ti]. The molecule has 0 heterocycles. The van der Waals surface area contributed by atoms with Gasteiger partial charge in [-0.2, -0.15) is 11.1 Å². The van der Waals surface area contributed by atoms with Gasteiger partial charge in [-0.1, -0.05) is 33.1 Å². The quantitative estimate of drug-likeness (QED) is 0.436. The first-order valence-electron chi connectivity index (χ1n) is 3.75. The summed E-state index contributed by atoms with van der Waals surface area (Å²) >= 11 is 0. The third-order valence-corrected chi connectivity index (χ3v) is 2.56. The molecule has 0 bridgehead atoms. The molecule has 0 nitrogen and oxygen atoms in total. The van der Waals surface area contributed by atoms with E-state index in [1.54, 1.807) is 0 Å². The molecule has 0 amide bonds. The van der Waals surface area contributed by atoms with Crippen LogP contribution in [0.1, 0.15) is 34.6 Å². The van der Waals surface area contributed by atoms with Crippen LogP contribution in [0.25, 0.3) is 0 Å². The molecule has 0 fully saturated rings. The van der Waals surface area contributed by atoms with E-state index in [1.807, 2.05) is 0 Å². The average Bonchev–Trinajstić information content (AvgIpc) is 1.95. The number of allylic oxidation sites excluding steroid dienone is 4. The Morgan fingerprint density at radius 3 is 1.46 bits per heavy atom. The van der Waals surface area contributed by atoms with Crippen LogP contribution in [0.5, 0.6) is 0 Å². The topological polar surface area (TPSA) is 0 Å². The smallest absolute Gasteiger partial charge is 0 e. The van der Waals surface area contributed by atoms with Crippen molar-refractivity contribution in [3.05, 3.63) is 22.8 Å². The molecule has 0 unspecified atom stereocenters. The molecule has 0 aromatic carbocycles. The van der Waals surface area contributed by atoms with E-state index >= 15 is 0 Å². The van der Waals surface area contributed by atoms with Gasteiger partial charge in [0.25, 0.3) is 0 Å². The molecular formula is C10H17F2Ti-. The number of rotatable bonds is 0. The standard InChI is InChI=1S/C10H15.2FH.Ti/c1-7-6-10(4,5)9(3)8(7)2;;;/h1-5H3;2*1H;/q-1;;;. The van der Waals surface area contributed by atoms with Gasteiger partial charge < -0.3 is 0 Å². The fourth-order valence-corrected chi connectivity index (χ4v) is 1.41. The van der Waals surface area contributed by atoms with E-state index in [0.717, 1.165) is 0 Å². The first-order valence-corrected chi connectivity index (χ1v) is 3.75. The Bertz CT molecular complexity index is 227. The van der Waals surface area contributed by atoms with Gasteiger partial charge >= 0.3 is 0 Å². The number of hydrogen-bond acceptors (Lipinski definition) is 0. The van der Waals surface area contributed by atoms with Gasteiger partial charge in [0.15, 0.2) is 0 Å². The summed E-state index contributed by atoms with van der Waals surface area (Å²) in [6.45, 7) is 10.9. The predicted molar refractivity (Wildman–Crippen MR) is 49.6 cm³/mol. The molecule has 1 rings (SSSR count). The van der Waals surface area contributed by atoms with E-state index in [9.17, 15) is 0 Å². The Balaban J connectivity index is -0.000000333. The monoisotopic (exact) mass is 223 g/mol. The fourth-order valence-electron chi connectivity index (χ4n) is 1.41. The summed E-state index contributed by atoms with van der Waals surface area (Å²) in [7, 11) is 0. The molecule has 0 aromatic heterocycles. The van der Waals surface area contributed by atoms with Gasteiger partial charge in [0.2, 0.25) is 0 Å². The Morgan fingerprint density at radius 2 is 1.38 bits per heavy atom. The van der Waals surface area contributed by atoms with Crippen LogP contribution < -0.4 is 0 Å². The van der Waals surface area contributed by atoms with Crippen LogP contribution in [-0.2, 0) is 21.7 Å². The molecule has 0 aromatic rings. The van der Waals surface area contributed by atoms with Crippen molar-refractivity contribution in [2.75, 3.05) is 0 Å². The average molecular weight is 223 g/mol. The van der Waals surface area contributed by atoms with Gasteiger partial charge in [0, 0.05) is 21.7 Å². The van der Waals surface area contributed by atoms with E-state index in [1.165, 1.54) is 16.7 Å². The van der Waals surface area contributed by atoms with Crippen LogP contribution >= 0.6 is 0 Å². The number of halogens is 2. The van der Waals surface area contributed by atoms with E-state index in [2.05, 4.69) is 40.7 Å². The van der Waals surface area contributed by atoms with Crippen LogP contribution in [0.15, 0.2) is 16.7 Å². The largest absolute Gasteiger partial charge is 0.269 e. The molecule has 3 heteroatoms. The summed E-state index contributed by atoms with van der Waals surface area (Å²) in [5, 5.41) is 0. The summed E-state index contributed by atoms with van der Waals surface area (Å²) < 4.78 is 0. The van der Waals surface area contributed by atoms with Crippen LogP contribution in [0.4, 0.5) is 9.41 Å². The molecule has 76 valence electrons. The molecule has 0 atom stereocenters. The first kappa shape index (κ1) is 18.8. The minimum Gasteiger partial charge on any atom is -0.269 e. The summed E-state index contributed by atoms with van der Waals surface area (Å²) in [5.41, 5.74) is 4.39. The molecule has 0 N–H and O–H groups in total. The Morgan fingerprint density at radius 1 is 1.00 bits per heavy atom. The second kappa shape index (κ2) is 5.72. The predicted octanol–water partition coefficient (Wildman–Crippen LogP) is 3.41. The van der Waals surface area contributed by atoms with E-state index in [0.29, 0.717) is 0 Å². The maximum atomic E-state index is 3.44. The van der Waals surface area contributed by atoms with E-state index in [-0.39, 0.29) is 36.5 Å². The molecular weight excluding hydrogens is 206 g/mol. The Labute approximate surface area is 94.1 Å². The van der Waals surface area contributed by atoms with Gasteiger partial charge in [0.1, 0.15) is 0 Å². The van der Waals surface area contributed by atoms with Crippen molar-refractivity contribution in [1.29, 1.82) is 0 Å². The minimum absolute atomic E-state index is 0. The first-order chi connectivity index (χ1) is 4.45. The van der Waals surface area contributed by atoms with Crippen molar-refractivity contribution in [3.8, 4) is 0 Å². The van der Waals surface area contributed by atoms with Crippen molar-refractivity contribution >= 4 is 0 Å². The van der Waals surface area contributed by atoms with Gasteiger partial charge in [-0.3, -0.25) is 15.5 Å². The summed E-state index contributed by atoms with van der Waals surface area (Å²) in [6.07, 6.45) is 3.44. The zero-order valence-corrected chi connectivity index (χ0v) is 10.4. The Kier molecular flexibility index (Phi) is 8.25. The minimum atomic E-state index is 0. The van der Waals surface area contributed by atoms with Crippen LogP contribution in [0.3, 0.4) is 0 Å². The van der Waals surface area contributed by atoms with Crippen LogP contribution in [-0.4, -0.2) is 0 Å². The van der Waals surface area contributed by atoms with E-state index < -0.39 is 0 Å². The molecule has 0 aliphatic heterocycles. The van der Waals surface area contributed by atoms with E-state index in [4.69, 9.17) is 0 Å². The molecule has 0 saturated carbocycles. The molecule has 0 saturated heterocycles. The summed E-state index contributed by atoms with van der Waals surface area (Å²) in [6, 6.07) is 0. The maximum absolute atomic E-state index is 3.44. The van der Waals surface area contributed by atoms with Crippen molar-refractivity contribution in [3.63, 3.8) is 0 Å². The number of hydrogen-bond donors (Lipinski definition) is 0. The van der Waals surface area contributed by atoms with Gasteiger partial charge in [-0.25, -0.2) is 5.57 Å². The normalized spacial score (nSPS) is 18.1. The van der Waals surface area contributed by atoms with Crippen molar-refractivity contribution in [2.45, 2.75) is 34.6 Å². The van der Waals surface area contributed by atoms with Gasteiger partial charge in [-0.15, -0.1) is 6.92 Å². The summed E-state index contributed by atoms with van der Waals surface area (Å²) in [5.74, 6) is 0. The summed E-state index contributed by atoms with van der Waals surface area (Å²) in [4.78, 5) is 0. The van der Waals surface area contributed by atoms with Crippen molar-refractivity contribution < 1.29 is 31.1 Å². The maximum Gasteiger partial charge on any atom is 0 e. The molecule has 0 radical (unpaired) electrons. The third-order valence-electron chi connectivity index (χ3n) is 2.56. The van der Waals surface area contributed by atoms with Crippen LogP contribution in [0.2, 0.25) is 0 Å². The van der Waals surface area contributed by atoms with Gasteiger partial charge in [0.05, 0.1) is 0 Å². The zero-order chi connectivity index (χ0) is 7.94. The third kappa shape index (κ3) is 3.36. The Hall–Kier alpha value is 0.0543. The van der Waals surface area contributed by atoms with Crippen LogP contribution in [0, 0.1) is 11.5 Å². The molecule has 13 heavy (non-hydrogen) atoms.